The number of ether oxygens (including phenoxy) is 1. The van der Waals surface area contributed by atoms with Crippen LogP contribution < -0.4 is 4.74 Å². The summed E-state index contributed by atoms with van der Waals surface area (Å²) in [5.41, 5.74) is 1.28. The zero-order valence-electron chi connectivity index (χ0n) is 7.13. The molecule has 12 heavy (non-hydrogen) atoms. The van der Waals surface area contributed by atoms with Crippen molar-refractivity contribution in [2.75, 3.05) is 7.11 Å². The molecular weight excluding hydrogens is 192 g/mol. The third-order valence-corrected chi connectivity index (χ3v) is 2.70. The summed E-state index contributed by atoms with van der Waals surface area (Å²) < 4.78 is 5.13. The summed E-state index contributed by atoms with van der Waals surface area (Å²) in [5.74, 6) is 0.840. The van der Waals surface area contributed by atoms with E-state index in [1.807, 2.05) is 6.07 Å². The molecule has 0 saturated carbocycles. The summed E-state index contributed by atoms with van der Waals surface area (Å²) in [6.45, 7) is 2.12. The summed E-state index contributed by atoms with van der Waals surface area (Å²) >= 11 is 0. The Morgan fingerprint density at radius 2 is 2.25 bits per heavy atom. The molecule has 0 aliphatic carbocycles. The van der Waals surface area contributed by atoms with Crippen LogP contribution in [0.1, 0.15) is 12.5 Å². The fraction of sp³-hybridized carbons (Fsp3) is 0.333. The quantitative estimate of drug-likeness (QED) is 0.742. The molecule has 0 atom stereocenters. The van der Waals surface area contributed by atoms with Gasteiger partial charge in [-0.05, 0) is 45.8 Å². The number of hydrogen-bond donors (Lipinski definition) is 0. The molecule has 0 amide bonds. The van der Waals surface area contributed by atoms with Crippen LogP contribution in [0.2, 0.25) is 0 Å². The normalized spacial score (nSPS) is 9.92. The lowest BCUT2D eigenvalue weighted by Gasteiger charge is -2.05. The molecule has 0 aliphatic rings. The van der Waals surface area contributed by atoms with Crippen molar-refractivity contribution in [3.05, 3.63) is 23.8 Å². The van der Waals surface area contributed by atoms with E-state index >= 15 is 0 Å². The molecule has 0 unspecified atom stereocenters. The minimum absolute atomic E-state index is 0.840. The maximum Gasteiger partial charge on any atom is 0.133 e. The van der Waals surface area contributed by atoms with Gasteiger partial charge in [0.25, 0.3) is 0 Å². The second kappa shape index (κ2) is 4.63. The standard InChI is InChI=1S/C9H11ClOS/c1-3-7-4-5-8(11-2)9(6-7)12-10/h4-6H,3H2,1-2H3. The van der Waals surface area contributed by atoms with Crippen LogP contribution >= 0.6 is 21.7 Å². The topological polar surface area (TPSA) is 9.23 Å². The highest BCUT2D eigenvalue weighted by atomic mass is 35.7. The first-order chi connectivity index (χ1) is 5.81. The van der Waals surface area contributed by atoms with E-state index in [1.165, 1.54) is 16.5 Å². The molecule has 0 bridgehead atoms. The van der Waals surface area contributed by atoms with E-state index < -0.39 is 0 Å². The van der Waals surface area contributed by atoms with Gasteiger partial charge in [0.05, 0.1) is 12.0 Å². The van der Waals surface area contributed by atoms with E-state index in [0.717, 1.165) is 17.1 Å². The number of rotatable bonds is 3. The Morgan fingerprint density at radius 3 is 2.75 bits per heavy atom. The third kappa shape index (κ3) is 2.08. The van der Waals surface area contributed by atoms with Gasteiger partial charge in [-0.1, -0.05) is 13.0 Å². The molecule has 0 N–H and O–H groups in total. The smallest absolute Gasteiger partial charge is 0.133 e. The second-order valence-corrected chi connectivity index (χ2v) is 3.47. The van der Waals surface area contributed by atoms with E-state index in [9.17, 15) is 0 Å². The Balaban J connectivity index is 3.02. The highest BCUT2D eigenvalue weighted by Crippen LogP contribution is 2.32. The summed E-state index contributed by atoms with van der Waals surface area (Å²) in [6.07, 6.45) is 1.02. The van der Waals surface area contributed by atoms with Crippen molar-refractivity contribution in [1.29, 1.82) is 0 Å². The molecule has 1 nitrogen and oxygen atoms in total. The van der Waals surface area contributed by atoms with Gasteiger partial charge in [-0.25, -0.2) is 0 Å². The SMILES string of the molecule is CCc1ccc(OC)c(SCl)c1. The first-order valence-corrected chi connectivity index (χ1v) is 5.41. The Bertz CT molecular complexity index is 263. The summed E-state index contributed by atoms with van der Waals surface area (Å²) in [5, 5.41) is 0. The third-order valence-electron chi connectivity index (χ3n) is 1.72. The van der Waals surface area contributed by atoms with Gasteiger partial charge in [-0.15, -0.1) is 0 Å². The lowest BCUT2D eigenvalue weighted by Crippen LogP contribution is -1.87. The highest BCUT2D eigenvalue weighted by molar-refractivity contribution is 8.21. The summed E-state index contributed by atoms with van der Waals surface area (Å²) in [4.78, 5) is 0.985. The van der Waals surface area contributed by atoms with Crippen molar-refractivity contribution in [3.63, 3.8) is 0 Å². The van der Waals surface area contributed by atoms with Crippen LogP contribution in [-0.4, -0.2) is 7.11 Å². The predicted molar refractivity (Wildman–Crippen MR) is 54.1 cm³/mol. The molecule has 0 aliphatic heterocycles. The van der Waals surface area contributed by atoms with Crippen molar-refractivity contribution in [2.45, 2.75) is 18.2 Å². The Hall–Kier alpha value is -0.340. The van der Waals surface area contributed by atoms with Crippen molar-refractivity contribution < 1.29 is 4.74 Å². The van der Waals surface area contributed by atoms with Gasteiger partial charge in [0.1, 0.15) is 5.75 Å². The molecule has 1 rings (SSSR count). The van der Waals surface area contributed by atoms with Crippen molar-refractivity contribution >= 4 is 21.7 Å². The summed E-state index contributed by atoms with van der Waals surface area (Å²) in [7, 11) is 8.52. The van der Waals surface area contributed by atoms with E-state index in [4.69, 9.17) is 15.4 Å². The molecule has 1 aromatic rings. The monoisotopic (exact) mass is 202 g/mol. The molecule has 0 radical (unpaired) electrons. The largest absolute Gasteiger partial charge is 0.496 e. The molecule has 0 spiro atoms. The first-order valence-electron chi connectivity index (χ1n) is 3.77. The molecule has 3 heteroatoms. The zero-order valence-corrected chi connectivity index (χ0v) is 8.71. The number of halogens is 1. The molecule has 0 heterocycles. The molecule has 66 valence electrons. The molecule has 0 fully saturated rings. The minimum Gasteiger partial charge on any atom is -0.496 e. The van der Waals surface area contributed by atoms with E-state index in [2.05, 4.69) is 19.1 Å². The lowest BCUT2D eigenvalue weighted by molar-refractivity contribution is 0.404. The van der Waals surface area contributed by atoms with Gasteiger partial charge in [0.15, 0.2) is 0 Å². The number of methoxy groups -OCH3 is 1. The number of benzene rings is 1. The van der Waals surface area contributed by atoms with Crippen LogP contribution in [0.3, 0.4) is 0 Å². The fourth-order valence-corrected chi connectivity index (χ4v) is 1.79. The van der Waals surface area contributed by atoms with Crippen molar-refractivity contribution in [1.82, 2.24) is 0 Å². The van der Waals surface area contributed by atoms with Gasteiger partial charge >= 0.3 is 0 Å². The Morgan fingerprint density at radius 1 is 1.50 bits per heavy atom. The summed E-state index contributed by atoms with van der Waals surface area (Å²) in [6, 6.07) is 6.05. The maximum atomic E-state index is 5.68. The van der Waals surface area contributed by atoms with Crippen LogP contribution in [0, 0.1) is 0 Å². The van der Waals surface area contributed by atoms with Crippen molar-refractivity contribution in [2.24, 2.45) is 0 Å². The molecule has 0 saturated heterocycles. The van der Waals surface area contributed by atoms with Crippen LogP contribution in [0.25, 0.3) is 0 Å². The van der Waals surface area contributed by atoms with E-state index in [1.54, 1.807) is 7.11 Å². The van der Waals surface area contributed by atoms with Gasteiger partial charge < -0.3 is 4.74 Å². The Kier molecular flexibility index (Phi) is 3.76. The average molecular weight is 203 g/mol. The first kappa shape index (κ1) is 9.75. The highest BCUT2D eigenvalue weighted by Gasteiger charge is 2.02. The molecular formula is C9H11ClOS. The van der Waals surface area contributed by atoms with E-state index in [0.29, 0.717) is 0 Å². The maximum absolute atomic E-state index is 5.68. The average Bonchev–Trinajstić information content (AvgIpc) is 2.16. The van der Waals surface area contributed by atoms with Gasteiger partial charge in [0, 0.05) is 0 Å². The number of aryl methyl sites for hydroxylation is 1. The fourth-order valence-electron chi connectivity index (χ4n) is 1.00. The van der Waals surface area contributed by atoms with E-state index in [-0.39, 0.29) is 0 Å². The van der Waals surface area contributed by atoms with Gasteiger partial charge in [-0.3, -0.25) is 0 Å². The van der Waals surface area contributed by atoms with Crippen LogP contribution in [-0.2, 0) is 6.42 Å². The second-order valence-electron chi connectivity index (χ2n) is 2.42. The predicted octanol–water partition coefficient (Wildman–Crippen LogP) is 3.50. The van der Waals surface area contributed by atoms with Crippen molar-refractivity contribution in [3.8, 4) is 5.75 Å². The lowest BCUT2D eigenvalue weighted by atomic mass is 10.2. The zero-order chi connectivity index (χ0) is 8.97. The van der Waals surface area contributed by atoms with Gasteiger partial charge in [-0.2, -0.15) is 0 Å². The van der Waals surface area contributed by atoms with Crippen LogP contribution in [0.4, 0.5) is 0 Å². The molecule has 1 aromatic carbocycles. The minimum atomic E-state index is 0.840. The Labute approximate surface area is 81.6 Å². The number of hydrogen-bond acceptors (Lipinski definition) is 2. The van der Waals surface area contributed by atoms with Gasteiger partial charge in [0.2, 0.25) is 0 Å². The molecule has 0 aromatic heterocycles. The van der Waals surface area contributed by atoms with Crippen LogP contribution in [0.5, 0.6) is 5.75 Å². The van der Waals surface area contributed by atoms with Crippen LogP contribution in [0.15, 0.2) is 23.1 Å².